The minimum atomic E-state index is 0.195. The SMILES string of the molecule is COc1c(C)cc2c(c1O)[C@H](C)CCC2C(CO)CCC=C(C)C. The van der Waals surface area contributed by atoms with Crippen molar-refractivity contribution in [2.24, 2.45) is 5.92 Å². The number of ether oxygens (including phenoxy) is 1. The van der Waals surface area contributed by atoms with Gasteiger partial charge in [-0.05, 0) is 75.3 Å². The molecule has 3 heteroatoms. The van der Waals surface area contributed by atoms with E-state index in [2.05, 4.69) is 32.9 Å². The molecule has 0 saturated carbocycles. The molecule has 0 radical (unpaired) electrons. The molecule has 1 aliphatic rings. The van der Waals surface area contributed by atoms with Gasteiger partial charge in [0.05, 0.1) is 7.11 Å². The van der Waals surface area contributed by atoms with Gasteiger partial charge in [0, 0.05) is 12.2 Å². The summed E-state index contributed by atoms with van der Waals surface area (Å²) in [5.41, 5.74) is 4.52. The van der Waals surface area contributed by atoms with Crippen molar-refractivity contribution in [2.75, 3.05) is 13.7 Å². The van der Waals surface area contributed by atoms with Crippen LogP contribution in [0.5, 0.6) is 11.5 Å². The summed E-state index contributed by atoms with van der Waals surface area (Å²) in [6.45, 7) is 8.56. The molecule has 2 unspecified atom stereocenters. The first-order valence-corrected chi connectivity index (χ1v) is 9.05. The summed E-state index contributed by atoms with van der Waals surface area (Å²) in [5, 5.41) is 20.7. The number of rotatable bonds is 6. The van der Waals surface area contributed by atoms with Crippen LogP contribution in [0, 0.1) is 12.8 Å². The molecule has 3 nitrogen and oxygen atoms in total. The van der Waals surface area contributed by atoms with Crippen LogP contribution in [0.3, 0.4) is 0 Å². The molecule has 1 aromatic rings. The maximum Gasteiger partial charge on any atom is 0.163 e. The molecule has 0 spiro atoms. The van der Waals surface area contributed by atoms with Crippen LogP contribution in [-0.4, -0.2) is 23.9 Å². The van der Waals surface area contributed by atoms with Crippen LogP contribution in [0.2, 0.25) is 0 Å². The van der Waals surface area contributed by atoms with E-state index in [0.717, 1.165) is 36.8 Å². The number of allylic oxidation sites excluding steroid dienone is 2. The zero-order valence-corrected chi connectivity index (χ0v) is 15.7. The Balaban J connectivity index is 2.38. The highest BCUT2D eigenvalue weighted by molar-refractivity contribution is 5.57. The predicted octanol–water partition coefficient (Wildman–Crippen LogP) is 5.05. The summed E-state index contributed by atoms with van der Waals surface area (Å²) < 4.78 is 5.40. The molecule has 0 fully saturated rings. The summed E-state index contributed by atoms with van der Waals surface area (Å²) in [4.78, 5) is 0. The van der Waals surface area contributed by atoms with Crippen molar-refractivity contribution in [3.63, 3.8) is 0 Å². The number of methoxy groups -OCH3 is 1. The maximum atomic E-state index is 10.7. The lowest BCUT2D eigenvalue weighted by Crippen LogP contribution is -2.23. The Bertz CT molecular complexity index is 600. The van der Waals surface area contributed by atoms with Gasteiger partial charge in [-0.1, -0.05) is 24.6 Å². The summed E-state index contributed by atoms with van der Waals surface area (Å²) in [6, 6.07) is 2.16. The number of benzene rings is 1. The minimum absolute atomic E-state index is 0.195. The van der Waals surface area contributed by atoms with E-state index in [1.807, 2.05) is 6.92 Å². The van der Waals surface area contributed by atoms with E-state index in [0.29, 0.717) is 23.3 Å². The second-order valence-corrected chi connectivity index (χ2v) is 7.46. The van der Waals surface area contributed by atoms with E-state index in [-0.39, 0.29) is 12.5 Å². The van der Waals surface area contributed by atoms with Gasteiger partial charge in [-0.25, -0.2) is 0 Å². The Morgan fingerprint density at radius 3 is 2.67 bits per heavy atom. The third kappa shape index (κ3) is 3.77. The summed E-state index contributed by atoms with van der Waals surface area (Å²) in [7, 11) is 1.61. The first kappa shape index (κ1) is 18.9. The maximum absolute atomic E-state index is 10.7. The van der Waals surface area contributed by atoms with Crippen LogP contribution >= 0.6 is 0 Å². The third-order valence-corrected chi connectivity index (χ3v) is 5.41. The van der Waals surface area contributed by atoms with Gasteiger partial charge in [0.25, 0.3) is 0 Å². The lowest BCUT2D eigenvalue weighted by atomic mass is 9.70. The van der Waals surface area contributed by atoms with Crippen molar-refractivity contribution in [1.82, 2.24) is 0 Å². The monoisotopic (exact) mass is 332 g/mol. The Hall–Kier alpha value is -1.48. The second kappa shape index (κ2) is 8.06. The van der Waals surface area contributed by atoms with E-state index in [4.69, 9.17) is 4.74 Å². The predicted molar refractivity (Wildman–Crippen MR) is 99.0 cm³/mol. The van der Waals surface area contributed by atoms with E-state index >= 15 is 0 Å². The van der Waals surface area contributed by atoms with E-state index < -0.39 is 0 Å². The van der Waals surface area contributed by atoms with Crippen molar-refractivity contribution >= 4 is 0 Å². The van der Waals surface area contributed by atoms with Gasteiger partial charge >= 0.3 is 0 Å². The summed E-state index contributed by atoms with van der Waals surface area (Å²) >= 11 is 0. The second-order valence-electron chi connectivity index (χ2n) is 7.46. The molecule has 3 atom stereocenters. The third-order valence-electron chi connectivity index (χ3n) is 5.41. The molecule has 1 aliphatic carbocycles. The number of hydrogen-bond acceptors (Lipinski definition) is 3. The molecule has 0 bridgehead atoms. The van der Waals surface area contributed by atoms with Gasteiger partial charge < -0.3 is 14.9 Å². The lowest BCUT2D eigenvalue weighted by molar-refractivity contribution is 0.185. The molecule has 1 aromatic carbocycles. The largest absolute Gasteiger partial charge is 0.504 e. The lowest BCUT2D eigenvalue weighted by Gasteiger charge is -2.35. The van der Waals surface area contributed by atoms with Gasteiger partial charge in [-0.3, -0.25) is 0 Å². The number of aliphatic hydroxyl groups excluding tert-OH is 1. The van der Waals surface area contributed by atoms with Crippen molar-refractivity contribution < 1.29 is 14.9 Å². The zero-order valence-electron chi connectivity index (χ0n) is 15.7. The Morgan fingerprint density at radius 2 is 2.08 bits per heavy atom. The number of fused-ring (bicyclic) bond motifs is 1. The first-order valence-electron chi connectivity index (χ1n) is 9.05. The zero-order chi connectivity index (χ0) is 17.9. The number of aromatic hydroxyl groups is 1. The van der Waals surface area contributed by atoms with Crippen molar-refractivity contribution in [3.8, 4) is 11.5 Å². The molecular formula is C21H32O3. The van der Waals surface area contributed by atoms with Gasteiger partial charge in [0.15, 0.2) is 11.5 Å². The molecule has 0 saturated heterocycles. The van der Waals surface area contributed by atoms with Crippen molar-refractivity contribution in [3.05, 3.63) is 34.4 Å². The highest BCUT2D eigenvalue weighted by Crippen LogP contribution is 2.50. The topological polar surface area (TPSA) is 49.7 Å². The van der Waals surface area contributed by atoms with Crippen LogP contribution in [0.25, 0.3) is 0 Å². The van der Waals surface area contributed by atoms with Crippen LogP contribution in [0.15, 0.2) is 17.7 Å². The highest BCUT2D eigenvalue weighted by atomic mass is 16.5. The molecular weight excluding hydrogens is 300 g/mol. The van der Waals surface area contributed by atoms with Crippen LogP contribution < -0.4 is 4.74 Å². The Morgan fingerprint density at radius 1 is 1.38 bits per heavy atom. The Kier molecular flexibility index (Phi) is 6.34. The first-order chi connectivity index (χ1) is 11.4. The summed E-state index contributed by atoms with van der Waals surface area (Å²) in [6.07, 6.45) is 6.32. The van der Waals surface area contributed by atoms with Crippen LogP contribution in [-0.2, 0) is 0 Å². The number of hydrogen-bond donors (Lipinski definition) is 2. The molecule has 2 rings (SSSR count). The Labute approximate surface area is 146 Å². The molecule has 0 heterocycles. The van der Waals surface area contributed by atoms with E-state index in [1.54, 1.807) is 7.11 Å². The molecule has 24 heavy (non-hydrogen) atoms. The quantitative estimate of drug-likeness (QED) is 0.717. The van der Waals surface area contributed by atoms with E-state index in [9.17, 15) is 10.2 Å². The van der Waals surface area contributed by atoms with Crippen LogP contribution in [0.1, 0.15) is 75.0 Å². The van der Waals surface area contributed by atoms with Crippen LogP contribution in [0.4, 0.5) is 0 Å². The molecule has 0 aromatic heterocycles. The van der Waals surface area contributed by atoms with Gasteiger partial charge in [-0.15, -0.1) is 0 Å². The fraction of sp³-hybridized carbons (Fsp3) is 0.619. The molecule has 0 amide bonds. The van der Waals surface area contributed by atoms with Gasteiger partial charge in [-0.2, -0.15) is 0 Å². The standard InChI is InChI=1S/C21H32O3/c1-13(2)7-6-8-16(12-22)17-10-9-14(3)19-18(17)11-15(4)21(24-5)20(19)23/h7,11,14,16-17,22-23H,6,8-10,12H2,1-5H3/t14-,16?,17?/m1/s1. The van der Waals surface area contributed by atoms with Crippen molar-refractivity contribution in [2.45, 2.75) is 65.2 Å². The molecule has 134 valence electrons. The van der Waals surface area contributed by atoms with Gasteiger partial charge in [0.1, 0.15) is 0 Å². The molecule has 2 N–H and O–H groups in total. The summed E-state index contributed by atoms with van der Waals surface area (Å²) in [5.74, 6) is 1.75. The fourth-order valence-electron chi connectivity index (χ4n) is 4.13. The van der Waals surface area contributed by atoms with Crippen molar-refractivity contribution in [1.29, 1.82) is 0 Å². The average molecular weight is 332 g/mol. The number of aryl methyl sites for hydroxylation is 1. The van der Waals surface area contributed by atoms with Gasteiger partial charge in [0.2, 0.25) is 0 Å². The molecule has 0 aliphatic heterocycles. The number of aliphatic hydroxyl groups is 1. The average Bonchev–Trinajstić information content (AvgIpc) is 2.52. The normalized spacial score (nSPS) is 21.1. The smallest absolute Gasteiger partial charge is 0.163 e. The number of phenolic OH excluding ortho intramolecular Hbond substituents is 1. The highest BCUT2D eigenvalue weighted by Gasteiger charge is 2.33. The van der Waals surface area contributed by atoms with E-state index in [1.165, 1.54) is 11.1 Å². The minimum Gasteiger partial charge on any atom is -0.504 e. The number of phenols is 1. The fourth-order valence-corrected chi connectivity index (χ4v) is 4.13.